The van der Waals surface area contributed by atoms with Crippen LogP contribution in [0.5, 0.6) is 0 Å². The molecule has 1 heteroatoms. The predicted molar refractivity (Wildman–Crippen MR) is 60.2 cm³/mol. The lowest BCUT2D eigenvalue weighted by molar-refractivity contribution is 0.114. The zero-order valence-corrected chi connectivity index (χ0v) is 8.85. The van der Waals surface area contributed by atoms with E-state index < -0.39 is 0 Å². The van der Waals surface area contributed by atoms with E-state index in [0.717, 1.165) is 0 Å². The van der Waals surface area contributed by atoms with E-state index >= 15 is 0 Å². The molecular weight excluding hydrogens is 172 g/mol. The Labute approximate surface area is 86.1 Å². The van der Waals surface area contributed by atoms with Crippen LogP contribution < -0.4 is 0 Å². The first kappa shape index (κ1) is 11.0. The molecule has 0 saturated carbocycles. The van der Waals surface area contributed by atoms with Crippen LogP contribution in [0.15, 0.2) is 43.0 Å². The van der Waals surface area contributed by atoms with Gasteiger partial charge in [-0.25, -0.2) is 0 Å². The highest BCUT2D eigenvalue weighted by Crippen LogP contribution is 2.23. The van der Waals surface area contributed by atoms with Gasteiger partial charge in [-0.3, -0.25) is 0 Å². The highest BCUT2D eigenvalue weighted by atomic mass is 16.3. The molecule has 0 radical (unpaired) electrons. The Morgan fingerprint density at radius 1 is 1.21 bits per heavy atom. The van der Waals surface area contributed by atoms with Crippen molar-refractivity contribution in [2.75, 3.05) is 0 Å². The molecule has 1 aromatic rings. The van der Waals surface area contributed by atoms with Gasteiger partial charge in [0.15, 0.2) is 0 Å². The fourth-order valence-electron chi connectivity index (χ4n) is 1.55. The summed E-state index contributed by atoms with van der Waals surface area (Å²) in [5, 5.41) is 9.97. The van der Waals surface area contributed by atoms with E-state index in [-0.39, 0.29) is 17.9 Å². The number of aliphatic hydroxyl groups is 1. The van der Waals surface area contributed by atoms with Crippen LogP contribution in [0.4, 0.5) is 0 Å². The second-order valence-electron chi connectivity index (χ2n) is 3.78. The summed E-state index contributed by atoms with van der Waals surface area (Å²) in [6.07, 6.45) is 1.44. The van der Waals surface area contributed by atoms with Crippen molar-refractivity contribution in [2.45, 2.75) is 25.9 Å². The topological polar surface area (TPSA) is 20.2 Å². The number of aliphatic hydroxyl groups excluding tert-OH is 1. The average molecular weight is 190 g/mol. The van der Waals surface area contributed by atoms with Gasteiger partial charge in [0.25, 0.3) is 0 Å². The fourth-order valence-corrected chi connectivity index (χ4v) is 1.55. The molecule has 1 N–H and O–H groups in total. The summed E-state index contributed by atoms with van der Waals surface area (Å²) in [6, 6.07) is 10.1. The van der Waals surface area contributed by atoms with Gasteiger partial charge in [0.1, 0.15) is 0 Å². The first-order chi connectivity index (χ1) is 6.66. The van der Waals surface area contributed by atoms with Crippen LogP contribution in [-0.4, -0.2) is 11.2 Å². The Kier molecular flexibility index (Phi) is 3.90. The molecule has 0 heterocycles. The van der Waals surface area contributed by atoms with Gasteiger partial charge in [-0.05, 0) is 5.56 Å². The molecule has 0 fully saturated rings. The van der Waals surface area contributed by atoms with Crippen LogP contribution in [0, 0.1) is 5.92 Å². The molecule has 1 rings (SSSR count). The summed E-state index contributed by atoms with van der Waals surface area (Å²) in [5.41, 5.74) is 1.17. The monoisotopic (exact) mass is 190 g/mol. The minimum Gasteiger partial charge on any atom is -0.392 e. The lowest BCUT2D eigenvalue weighted by Crippen LogP contribution is -2.22. The fraction of sp³-hybridized carbons (Fsp3) is 0.385. The third kappa shape index (κ3) is 2.46. The standard InChI is InChI=1S/C13H18O/c1-4-10(2)13(14)11(3)12-8-6-5-7-9-12/h4-11,13-14H,1H2,2-3H3/t10?,11-,13-/m1/s1. The van der Waals surface area contributed by atoms with Crippen molar-refractivity contribution in [1.82, 2.24) is 0 Å². The van der Waals surface area contributed by atoms with Crippen molar-refractivity contribution in [2.24, 2.45) is 5.92 Å². The van der Waals surface area contributed by atoms with Gasteiger partial charge in [-0.15, -0.1) is 6.58 Å². The van der Waals surface area contributed by atoms with Crippen LogP contribution in [0.2, 0.25) is 0 Å². The van der Waals surface area contributed by atoms with Crippen LogP contribution in [-0.2, 0) is 0 Å². The SMILES string of the molecule is C=CC(C)[C@@H](O)[C@H](C)c1ccccc1. The number of hydrogen-bond donors (Lipinski definition) is 1. The van der Waals surface area contributed by atoms with Crippen LogP contribution >= 0.6 is 0 Å². The van der Waals surface area contributed by atoms with Crippen LogP contribution in [0.1, 0.15) is 25.3 Å². The number of rotatable bonds is 4. The molecule has 1 aromatic carbocycles. The molecule has 0 aliphatic rings. The van der Waals surface area contributed by atoms with Crippen molar-refractivity contribution in [3.05, 3.63) is 48.6 Å². The Hall–Kier alpha value is -1.08. The smallest absolute Gasteiger partial charge is 0.0665 e. The molecule has 1 nitrogen and oxygen atoms in total. The molecule has 0 aliphatic carbocycles. The number of benzene rings is 1. The van der Waals surface area contributed by atoms with E-state index in [0.29, 0.717) is 0 Å². The predicted octanol–water partition coefficient (Wildman–Crippen LogP) is 2.97. The maximum atomic E-state index is 9.97. The second-order valence-corrected chi connectivity index (χ2v) is 3.78. The van der Waals surface area contributed by atoms with Gasteiger partial charge in [0.2, 0.25) is 0 Å². The Balaban J connectivity index is 2.75. The first-order valence-electron chi connectivity index (χ1n) is 5.02. The summed E-state index contributed by atoms with van der Waals surface area (Å²) in [4.78, 5) is 0. The molecule has 0 aliphatic heterocycles. The molecule has 14 heavy (non-hydrogen) atoms. The molecule has 0 saturated heterocycles. The van der Waals surface area contributed by atoms with Gasteiger partial charge in [0.05, 0.1) is 6.10 Å². The summed E-state index contributed by atoms with van der Waals surface area (Å²) >= 11 is 0. The zero-order chi connectivity index (χ0) is 10.6. The van der Waals surface area contributed by atoms with E-state index in [1.54, 1.807) is 6.08 Å². The molecule has 3 atom stereocenters. The third-order valence-corrected chi connectivity index (χ3v) is 2.75. The van der Waals surface area contributed by atoms with E-state index in [9.17, 15) is 5.11 Å². The summed E-state index contributed by atoms with van der Waals surface area (Å²) in [5.74, 6) is 0.286. The largest absolute Gasteiger partial charge is 0.392 e. The van der Waals surface area contributed by atoms with Crippen molar-refractivity contribution >= 4 is 0 Å². The molecule has 76 valence electrons. The van der Waals surface area contributed by atoms with Crippen LogP contribution in [0.25, 0.3) is 0 Å². The van der Waals surface area contributed by atoms with Gasteiger partial charge in [0, 0.05) is 11.8 Å². The van der Waals surface area contributed by atoms with E-state index in [2.05, 4.69) is 6.58 Å². The highest BCUT2D eigenvalue weighted by molar-refractivity contribution is 5.20. The zero-order valence-electron chi connectivity index (χ0n) is 8.85. The van der Waals surface area contributed by atoms with Crippen LogP contribution in [0.3, 0.4) is 0 Å². The molecule has 0 bridgehead atoms. The van der Waals surface area contributed by atoms with Crippen molar-refractivity contribution in [1.29, 1.82) is 0 Å². The van der Waals surface area contributed by atoms with Gasteiger partial charge >= 0.3 is 0 Å². The minimum atomic E-state index is -0.352. The molecule has 1 unspecified atom stereocenters. The first-order valence-corrected chi connectivity index (χ1v) is 5.02. The normalized spacial score (nSPS) is 17.1. The quantitative estimate of drug-likeness (QED) is 0.724. The van der Waals surface area contributed by atoms with E-state index in [4.69, 9.17) is 0 Å². The van der Waals surface area contributed by atoms with Gasteiger partial charge in [-0.2, -0.15) is 0 Å². The average Bonchev–Trinajstić information content (AvgIpc) is 2.27. The van der Waals surface area contributed by atoms with Gasteiger partial charge < -0.3 is 5.11 Å². The maximum Gasteiger partial charge on any atom is 0.0665 e. The molecule has 0 aromatic heterocycles. The van der Waals surface area contributed by atoms with Crippen molar-refractivity contribution in [3.8, 4) is 0 Å². The Bertz CT molecular complexity index is 279. The lowest BCUT2D eigenvalue weighted by atomic mass is 9.88. The highest BCUT2D eigenvalue weighted by Gasteiger charge is 2.19. The minimum absolute atomic E-state index is 0.130. The molecular formula is C13H18O. The Morgan fingerprint density at radius 2 is 1.79 bits per heavy atom. The lowest BCUT2D eigenvalue weighted by Gasteiger charge is -2.22. The third-order valence-electron chi connectivity index (χ3n) is 2.75. The summed E-state index contributed by atoms with van der Waals surface area (Å²) < 4.78 is 0. The van der Waals surface area contributed by atoms with E-state index in [1.807, 2.05) is 44.2 Å². The van der Waals surface area contributed by atoms with Crippen molar-refractivity contribution < 1.29 is 5.11 Å². The second kappa shape index (κ2) is 4.97. The summed E-state index contributed by atoms with van der Waals surface area (Å²) in [7, 11) is 0. The number of hydrogen-bond acceptors (Lipinski definition) is 1. The van der Waals surface area contributed by atoms with Gasteiger partial charge in [-0.1, -0.05) is 50.3 Å². The molecule has 0 spiro atoms. The Morgan fingerprint density at radius 3 is 2.29 bits per heavy atom. The van der Waals surface area contributed by atoms with Crippen molar-refractivity contribution in [3.63, 3.8) is 0 Å². The summed E-state index contributed by atoms with van der Waals surface area (Å²) in [6.45, 7) is 7.72. The maximum absolute atomic E-state index is 9.97. The van der Waals surface area contributed by atoms with E-state index in [1.165, 1.54) is 5.56 Å². The molecule has 0 amide bonds.